The van der Waals surface area contributed by atoms with Gasteiger partial charge in [0.25, 0.3) is 0 Å². The van der Waals surface area contributed by atoms with E-state index in [4.69, 9.17) is 10.5 Å². The minimum Gasteiger partial charge on any atom is -0.379 e. The molecule has 0 aliphatic heterocycles. The summed E-state index contributed by atoms with van der Waals surface area (Å²) in [7, 11) is 1.60. The summed E-state index contributed by atoms with van der Waals surface area (Å²) in [4.78, 5) is 22.1. The highest BCUT2D eigenvalue weighted by molar-refractivity contribution is 5.85. The molecule has 0 saturated heterocycles. The van der Waals surface area contributed by atoms with Crippen LogP contribution in [0.25, 0.3) is 0 Å². The van der Waals surface area contributed by atoms with Gasteiger partial charge in [-0.2, -0.15) is 0 Å². The van der Waals surface area contributed by atoms with Crippen molar-refractivity contribution >= 4 is 24.2 Å². The number of ether oxygens (including phenoxy) is 1. The third-order valence-corrected chi connectivity index (χ3v) is 2.18. The Morgan fingerprint density at radius 2 is 1.82 bits per heavy atom. The van der Waals surface area contributed by atoms with E-state index in [0.717, 1.165) is 0 Å². The fraction of sp³-hybridized carbons (Fsp3) is 0.800. The molecule has 0 saturated carbocycles. The Balaban J connectivity index is 0. The highest BCUT2D eigenvalue weighted by Crippen LogP contribution is 2.03. The summed E-state index contributed by atoms with van der Waals surface area (Å²) in [5, 5.41) is 5.06. The second-order valence-corrected chi connectivity index (χ2v) is 3.80. The molecule has 17 heavy (non-hydrogen) atoms. The molecule has 0 heterocycles. The maximum atomic E-state index is 11.3. The minimum atomic E-state index is -0.345. The van der Waals surface area contributed by atoms with Crippen LogP contribution in [0.2, 0.25) is 0 Å². The van der Waals surface area contributed by atoms with Crippen LogP contribution < -0.4 is 16.4 Å². The van der Waals surface area contributed by atoms with Gasteiger partial charge in [-0.15, -0.1) is 12.4 Å². The average molecular weight is 268 g/mol. The minimum absolute atomic E-state index is 0. The number of methoxy groups -OCH3 is 1. The van der Waals surface area contributed by atoms with Crippen molar-refractivity contribution in [3.63, 3.8) is 0 Å². The molecule has 1 unspecified atom stereocenters. The van der Waals surface area contributed by atoms with Crippen LogP contribution in [0.3, 0.4) is 0 Å². The maximum absolute atomic E-state index is 11.3. The van der Waals surface area contributed by atoms with Crippen molar-refractivity contribution in [2.75, 3.05) is 26.7 Å². The van der Waals surface area contributed by atoms with Crippen LogP contribution in [-0.2, 0) is 14.3 Å². The molecule has 0 bridgehead atoms. The molecule has 102 valence electrons. The van der Waals surface area contributed by atoms with Gasteiger partial charge < -0.3 is 21.1 Å². The first-order chi connectivity index (χ1) is 7.51. The normalized spacial score (nSPS) is 11.6. The van der Waals surface area contributed by atoms with Crippen LogP contribution in [-0.4, -0.2) is 44.7 Å². The van der Waals surface area contributed by atoms with Gasteiger partial charge in [-0.3, -0.25) is 9.59 Å². The molecule has 4 N–H and O–H groups in total. The van der Waals surface area contributed by atoms with Gasteiger partial charge in [0.15, 0.2) is 0 Å². The molecule has 0 spiro atoms. The first kappa shape index (κ1) is 18.5. The largest absolute Gasteiger partial charge is 0.379 e. The van der Waals surface area contributed by atoms with E-state index in [-0.39, 0.29) is 43.4 Å². The summed E-state index contributed by atoms with van der Waals surface area (Å²) in [6, 6.07) is 0. The van der Waals surface area contributed by atoms with Crippen molar-refractivity contribution in [1.29, 1.82) is 0 Å². The van der Waals surface area contributed by atoms with Crippen molar-refractivity contribution in [3.05, 3.63) is 0 Å². The van der Waals surface area contributed by atoms with Crippen molar-refractivity contribution < 1.29 is 14.3 Å². The van der Waals surface area contributed by atoms with Gasteiger partial charge in [0, 0.05) is 13.7 Å². The summed E-state index contributed by atoms with van der Waals surface area (Å²) in [5.74, 6) is -0.268. The van der Waals surface area contributed by atoms with Gasteiger partial charge in [0.05, 0.1) is 19.2 Å². The van der Waals surface area contributed by atoms with E-state index < -0.39 is 0 Å². The molecule has 0 aliphatic carbocycles. The van der Waals surface area contributed by atoms with Gasteiger partial charge in [-0.05, 0) is 5.92 Å². The van der Waals surface area contributed by atoms with Crippen LogP contribution in [0.1, 0.15) is 13.8 Å². The van der Waals surface area contributed by atoms with Gasteiger partial charge in [0.1, 0.15) is 0 Å². The second kappa shape index (κ2) is 10.3. The molecule has 0 aromatic rings. The summed E-state index contributed by atoms with van der Waals surface area (Å²) < 4.78 is 5.19. The fourth-order valence-electron chi connectivity index (χ4n) is 1.12. The number of hydrogen-bond donors (Lipinski definition) is 3. The molecular formula is C10H22ClN3O3. The number of halogens is 1. The Morgan fingerprint density at radius 1 is 1.24 bits per heavy atom. The number of nitrogens with one attached hydrogen (secondary N) is 2. The Kier molecular flexibility index (Phi) is 11.2. The fourth-order valence-corrected chi connectivity index (χ4v) is 1.12. The number of rotatable bonds is 7. The predicted octanol–water partition coefficient (Wildman–Crippen LogP) is -0.730. The van der Waals surface area contributed by atoms with E-state index >= 15 is 0 Å². The Labute approximate surface area is 108 Å². The van der Waals surface area contributed by atoms with Gasteiger partial charge in [0.2, 0.25) is 11.8 Å². The maximum Gasteiger partial charge on any atom is 0.239 e. The van der Waals surface area contributed by atoms with E-state index in [1.807, 2.05) is 13.8 Å². The van der Waals surface area contributed by atoms with Gasteiger partial charge in [-0.25, -0.2) is 0 Å². The number of carbonyl (C=O) groups excluding carboxylic acids is 2. The van der Waals surface area contributed by atoms with Crippen molar-refractivity contribution in [2.45, 2.75) is 20.0 Å². The number of amides is 2. The third-order valence-electron chi connectivity index (χ3n) is 2.18. The monoisotopic (exact) mass is 267 g/mol. The smallest absolute Gasteiger partial charge is 0.239 e. The van der Waals surface area contributed by atoms with E-state index in [9.17, 15) is 9.59 Å². The summed E-state index contributed by atoms with van der Waals surface area (Å²) in [6.07, 6.45) is -0.0193. The lowest BCUT2D eigenvalue weighted by atomic mass is 10.1. The zero-order valence-corrected chi connectivity index (χ0v) is 11.3. The molecule has 0 radical (unpaired) electrons. The molecule has 1 atom stereocenters. The SMILES string of the molecule is COC(CNC(=O)CNC(=O)CN)C(C)C.Cl. The molecule has 0 aliphatic rings. The molecule has 0 rings (SSSR count). The number of nitrogens with two attached hydrogens (primary N) is 1. The van der Waals surface area contributed by atoms with Crippen molar-refractivity contribution in [1.82, 2.24) is 10.6 Å². The second-order valence-electron chi connectivity index (χ2n) is 3.80. The summed E-state index contributed by atoms with van der Waals surface area (Å²) in [6.45, 7) is 4.29. The Bertz CT molecular complexity index is 237. The number of hydrogen-bond acceptors (Lipinski definition) is 4. The van der Waals surface area contributed by atoms with Crippen LogP contribution in [0.5, 0.6) is 0 Å². The average Bonchev–Trinajstić information content (AvgIpc) is 2.26. The molecule has 0 aromatic carbocycles. The lowest BCUT2D eigenvalue weighted by molar-refractivity contribution is -0.125. The third kappa shape index (κ3) is 8.91. The molecule has 2 amide bonds. The quantitative estimate of drug-likeness (QED) is 0.567. The lowest BCUT2D eigenvalue weighted by Gasteiger charge is -2.19. The van der Waals surface area contributed by atoms with E-state index in [2.05, 4.69) is 10.6 Å². The van der Waals surface area contributed by atoms with Crippen LogP contribution in [0.4, 0.5) is 0 Å². The summed E-state index contributed by atoms with van der Waals surface area (Å²) >= 11 is 0. The Hall–Kier alpha value is -0.850. The van der Waals surface area contributed by atoms with Crippen molar-refractivity contribution in [3.8, 4) is 0 Å². The van der Waals surface area contributed by atoms with E-state index in [1.165, 1.54) is 0 Å². The first-order valence-electron chi connectivity index (χ1n) is 5.27. The topological polar surface area (TPSA) is 93.5 Å². The molecule has 0 aromatic heterocycles. The predicted molar refractivity (Wildman–Crippen MR) is 68.0 cm³/mol. The molecule has 7 heteroatoms. The zero-order chi connectivity index (χ0) is 12.6. The zero-order valence-electron chi connectivity index (χ0n) is 10.5. The van der Waals surface area contributed by atoms with E-state index in [0.29, 0.717) is 12.5 Å². The Morgan fingerprint density at radius 3 is 2.24 bits per heavy atom. The molecular weight excluding hydrogens is 246 g/mol. The first-order valence-corrected chi connectivity index (χ1v) is 5.27. The van der Waals surface area contributed by atoms with Gasteiger partial charge in [-0.1, -0.05) is 13.8 Å². The van der Waals surface area contributed by atoms with E-state index in [1.54, 1.807) is 7.11 Å². The molecule has 0 fully saturated rings. The highest BCUT2D eigenvalue weighted by atomic mass is 35.5. The molecule has 6 nitrogen and oxygen atoms in total. The summed E-state index contributed by atoms with van der Waals surface area (Å²) in [5.41, 5.74) is 5.08. The van der Waals surface area contributed by atoms with Crippen LogP contribution in [0, 0.1) is 5.92 Å². The van der Waals surface area contributed by atoms with Gasteiger partial charge >= 0.3 is 0 Å². The lowest BCUT2D eigenvalue weighted by Crippen LogP contribution is -2.42. The van der Waals surface area contributed by atoms with Crippen LogP contribution >= 0.6 is 12.4 Å². The highest BCUT2D eigenvalue weighted by Gasteiger charge is 2.13. The number of carbonyl (C=O) groups is 2. The van der Waals surface area contributed by atoms with Crippen molar-refractivity contribution in [2.24, 2.45) is 11.7 Å². The van der Waals surface area contributed by atoms with Crippen LogP contribution in [0.15, 0.2) is 0 Å². The standard InChI is InChI=1S/C10H21N3O3.ClH/c1-7(2)8(16-3)5-12-10(15)6-13-9(14)4-11;/h7-8H,4-6,11H2,1-3H3,(H,12,15)(H,13,14);1H.